The van der Waals surface area contributed by atoms with E-state index in [4.69, 9.17) is 9.15 Å². The first-order chi connectivity index (χ1) is 16.5. The van der Waals surface area contributed by atoms with Crippen molar-refractivity contribution < 1.29 is 19.1 Å². The largest absolute Gasteiger partial charge is 0.465 e. The summed E-state index contributed by atoms with van der Waals surface area (Å²) in [4.78, 5) is 17.5. The van der Waals surface area contributed by atoms with E-state index in [1.165, 1.54) is 29.7 Å². The number of nitrogens with zero attached hydrogens (tertiary/aromatic N) is 2. The zero-order valence-corrected chi connectivity index (χ0v) is 20.6. The summed E-state index contributed by atoms with van der Waals surface area (Å²) in [5.41, 5.74) is -0.114. The molecule has 0 bridgehead atoms. The van der Waals surface area contributed by atoms with E-state index < -0.39 is 6.10 Å². The maximum atomic E-state index is 11.7. The molecule has 2 aliphatic carbocycles. The van der Waals surface area contributed by atoms with Crippen LogP contribution in [0.4, 0.5) is 0 Å². The molecule has 0 amide bonds. The molecule has 1 unspecified atom stereocenters. The van der Waals surface area contributed by atoms with Crippen molar-refractivity contribution >= 4 is 17.3 Å². The van der Waals surface area contributed by atoms with Gasteiger partial charge in [-0.05, 0) is 75.3 Å². The van der Waals surface area contributed by atoms with Gasteiger partial charge in [0.2, 0.25) is 0 Å². The highest BCUT2D eigenvalue weighted by Crippen LogP contribution is 2.48. The van der Waals surface area contributed by atoms with Gasteiger partial charge in [-0.1, -0.05) is 18.6 Å². The molecule has 2 saturated carbocycles. The Bertz CT molecular complexity index is 1000. The van der Waals surface area contributed by atoms with Gasteiger partial charge in [0.05, 0.1) is 31.4 Å². The fourth-order valence-electron chi connectivity index (χ4n) is 5.70. The van der Waals surface area contributed by atoms with Crippen LogP contribution < -0.4 is 0 Å². The van der Waals surface area contributed by atoms with Gasteiger partial charge >= 0.3 is 5.97 Å². The Kier molecular flexibility index (Phi) is 8.23. The first-order valence-corrected chi connectivity index (χ1v) is 13.1. The van der Waals surface area contributed by atoms with Crippen molar-refractivity contribution in [3.05, 3.63) is 52.4 Å². The molecule has 2 aromatic heterocycles. The lowest BCUT2D eigenvalue weighted by atomic mass is 9.62. The van der Waals surface area contributed by atoms with Crippen molar-refractivity contribution in [3.63, 3.8) is 0 Å². The molecular weight excluding hydrogens is 448 g/mol. The predicted octanol–water partition coefficient (Wildman–Crippen LogP) is 5.73. The van der Waals surface area contributed by atoms with Crippen molar-refractivity contribution in [2.75, 3.05) is 7.11 Å². The SMILES string of the molecule is COC(=O)c1ccc(CCC[C@H]2CC[C@H](C#N)[C@@H]2/C=C/CC(O)C2(Cc3cnco3)CCC2)s1. The smallest absolute Gasteiger partial charge is 0.348 e. The first kappa shape index (κ1) is 24.7. The number of hydrogen-bond acceptors (Lipinski definition) is 7. The molecule has 2 fully saturated rings. The molecule has 0 aliphatic heterocycles. The lowest BCUT2D eigenvalue weighted by molar-refractivity contribution is -0.0356. The topological polar surface area (TPSA) is 96.4 Å². The Labute approximate surface area is 205 Å². The van der Waals surface area contributed by atoms with Gasteiger partial charge in [0.1, 0.15) is 10.6 Å². The number of ether oxygens (including phenoxy) is 1. The molecule has 2 aliphatic rings. The van der Waals surface area contributed by atoms with Crippen LogP contribution in [-0.4, -0.2) is 29.3 Å². The zero-order chi connectivity index (χ0) is 24.0. The Balaban J connectivity index is 1.29. The molecule has 4 rings (SSSR count). The van der Waals surface area contributed by atoms with E-state index in [1.54, 1.807) is 6.20 Å². The van der Waals surface area contributed by atoms with Gasteiger partial charge < -0.3 is 14.3 Å². The van der Waals surface area contributed by atoms with Crippen LogP contribution in [0.3, 0.4) is 0 Å². The average Bonchev–Trinajstić information content (AvgIpc) is 3.57. The lowest BCUT2D eigenvalue weighted by Gasteiger charge is -2.45. The monoisotopic (exact) mass is 482 g/mol. The molecule has 0 saturated heterocycles. The molecule has 182 valence electrons. The molecular formula is C27H34N2O4S. The van der Waals surface area contributed by atoms with Crippen LogP contribution in [-0.2, 0) is 17.6 Å². The number of methoxy groups -OCH3 is 1. The van der Waals surface area contributed by atoms with E-state index in [0.29, 0.717) is 17.2 Å². The van der Waals surface area contributed by atoms with Crippen molar-refractivity contribution in [2.24, 2.45) is 23.2 Å². The van der Waals surface area contributed by atoms with Crippen LogP contribution in [0.1, 0.15) is 71.7 Å². The maximum absolute atomic E-state index is 11.7. The highest BCUT2D eigenvalue weighted by molar-refractivity contribution is 7.13. The molecule has 2 heterocycles. The summed E-state index contributed by atoms with van der Waals surface area (Å²) in [7, 11) is 1.41. The summed E-state index contributed by atoms with van der Waals surface area (Å²) in [5.74, 6) is 1.36. The van der Waals surface area contributed by atoms with Gasteiger partial charge in [-0.3, -0.25) is 0 Å². The number of aliphatic hydroxyl groups excluding tert-OH is 1. The Morgan fingerprint density at radius 2 is 2.29 bits per heavy atom. The summed E-state index contributed by atoms with van der Waals surface area (Å²) < 4.78 is 10.2. The summed E-state index contributed by atoms with van der Waals surface area (Å²) in [6, 6.07) is 6.36. The third kappa shape index (κ3) is 5.61. The van der Waals surface area contributed by atoms with Gasteiger partial charge in [-0.25, -0.2) is 9.78 Å². The normalized spacial score (nSPS) is 24.6. The summed E-state index contributed by atoms with van der Waals surface area (Å²) in [6.07, 6.45) is 16.7. The molecule has 2 aromatic rings. The molecule has 0 spiro atoms. The second kappa shape index (κ2) is 11.3. The molecule has 1 N–H and O–H groups in total. The fourth-order valence-corrected chi connectivity index (χ4v) is 6.66. The first-order valence-electron chi connectivity index (χ1n) is 12.3. The number of esters is 1. The molecule has 6 nitrogen and oxygen atoms in total. The van der Waals surface area contributed by atoms with Crippen LogP contribution in [0.15, 0.2) is 41.3 Å². The van der Waals surface area contributed by atoms with Gasteiger partial charge in [0, 0.05) is 16.7 Å². The predicted molar refractivity (Wildman–Crippen MR) is 130 cm³/mol. The third-order valence-electron chi connectivity index (χ3n) is 7.85. The second-order valence-corrected chi connectivity index (χ2v) is 11.0. The number of rotatable bonds is 11. The van der Waals surface area contributed by atoms with Gasteiger partial charge in [0.25, 0.3) is 0 Å². The van der Waals surface area contributed by atoms with Crippen molar-refractivity contribution in [3.8, 4) is 6.07 Å². The Hall–Kier alpha value is -2.43. The quantitative estimate of drug-likeness (QED) is 0.324. The van der Waals surface area contributed by atoms with E-state index >= 15 is 0 Å². The number of thiophene rings is 1. The number of aromatic nitrogens is 1. The summed E-state index contributed by atoms with van der Waals surface area (Å²) in [5, 5.41) is 20.7. The van der Waals surface area contributed by atoms with Gasteiger partial charge in [-0.15, -0.1) is 11.3 Å². The average molecular weight is 483 g/mol. The third-order valence-corrected chi connectivity index (χ3v) is 8.98. The number of carbonyl (C=O) groups is 1. The van der Waals surface area contributed by atoms with E-state index in [0.717, 1.165) is 63.5 Å². The van der Waals surface area contributed by atoms with E-state index in [1.807, 2.05) is 12.1 Å². The second-order valence-electron chi connectivity index (χ2n) is 9.84. The van der Waals surface area contributed by atoms with Crippen molar-refractivity contribution in [1.29, 1.82) is 5.26 Å². The summed E-state index contributed by atoms with van der Waals surface area (Å²) >= 11 is 1.50. The van der Waals surface area contributed by atoms with E-state index in [-0.39, 0.29) is 23.2 Å². The van der Waals surface area contributed by atoms with Crippen LogP contribution >= 0.6 is 11.3 Å². The van der Waals surface area contributed by atoms with Crippen molar-refractivity contribution in [1.82, 2.24) is 4.98 Å². The fraction of sp³-hybridized carbons (Fsp3) is 0.593. The number of carbonyl (C=O) groups excluding carboxylic acids is 1. The Morgan fingerprint density at radius 3 is 2.97 bits per heavy atom. The minimum atomic E-state index is -0.411. The van der Waals surface area contributed by atoms with Gasteiger partial charge in [0.15, 0.2) is 6.39 Å². The molecule has 4 atom stereocenters. The van der Waals surface area contributed by atoms with Crippen LogP contribution in [0.5, 0.6) is 0 Å². The molecule has 7 heteroatoms. The number of oxazole rings is 1. The van der Waals surface area contributed by atoms with Crippen LogP contribution in [0.2, 0.25) is 0 Å². The van der Waals surface area contributed by atoms with Gasteiger partial charge in [-0.2, -0.15) is 5.26 Å². The number of aliphatic hydroxyl groups is 1. The van der Waals surface area contributed by atoms with E-state index in [9.17, 15) is 15.2 Å². The minimum Gasteiger partial charge on any atom is -0.465 e. The molecule has 0 aromatic carbocycles. The van der Waals surface area contributed by atoms with Crippen molar-refractivity contribution in [2.45, 2.75) is 70.3 Å². The zero-order valence-electron chi connectivity index (χ0n) is 19.8. The number of aryl methyl sites for hydroxylation is 1. The minimum absolute atomic E-state index is 0.0536. The summed E-state index contributed by atoms with van der Waals surface area (Å²) in [6.45, 7) is 0. The standard InChI is InChI=1S/C27H34N2O4S/c1-32-26(31)24-12-11-22(34-24)6-2-5-19-9-10-20(16-28)23(19)7-3-8-25(30)27(13-4-14-27)15-21-17-29-18-33-21/h3,7,11-12,17-20,23,25,30H,2,4-6,8-10,13-15H2,1H3/b7-3+/t19-,20+,23+,25?/m0/s1. The maximum Gasteiger partial charge on any atom is 0.348 e. The van der Waals surface area contributed by atoms with E-state index in [2.05, 4.69) is 23.2 Å². The lowest BCUT2D eigenvalue weighted by Crippen LogP contribution is -2.43. The molecule has 0 radical (unpaired) electrons. The van der Waals surface area contributed by atoms with Crippen LogP contribution in [0.25, 0.3) is 0 Å². The highest BCUT2D eigenvalue weighted by atomic mass is 32.1. The molecule has 34 heavy (non-hydrogen) atoms. The highest BCUT2D eigenvalue weighted by Gasteiger charge is 2.43. The number of allylic oxidation sites excluding steroid dienone is 1. The van der Waals surface area contributed by atoms with Crippen LogP contribution in [0, 0.1) is 34.5 Å². The Morgan fingerprint density at radius 1 is 1.44 bits per heavy atom. The number of nitriles is 1. The number of hydrogen-bond donors (Lipinski definition) is 1.